The minimum Gasteiger partial charge on any atom is -0.337 e. The number of nitrogens with zero attached hydrogens (tertiary/aromatic N) is 3. The van der Waals surface area contributed by atoms with Gasteiger partial charge in [-0.1, -0.05) is 0 Å². The van der Waals surface area contributed by atoms with Gasteiger partial charge < -0.3 is 5.32 Å². The second-order valence-corrected chi connectivity index (χ2v) is 3.92. The van der Waals surface area contributed by atoms with Gasteiger partial charge in [-0.2, -0.15) is 15.1 Å². The molecule has 0 aliphatic rings. The summed E-state index contributed by atoms with van der Waals surface area (Å²) in [4.78, 5) is 8.07. The van der Waals surface area contributed by atoms with Gasteiger partial charge in [0.15, 0.2) is 5.65 Å². The third-order valence-corrected chi connectivity index (χ3v) is 2.62. The first-order valence-electron chi connectivity index (χ1n) is 5.57. The van der Waals surface area contributed by atoms with Crippen molar-refractivity contribution in [1.29, 1.82) is 0 Å². The molecule has 0 radical (unpaired) electrons. The number of aromatic nitrogens is 4. The SMILES string of the molecule is NNc1nc(Nc2cc(F)ccc2F)c2cn[nH]c2n1. The molecule has 7 nitrogen and oxygen atoms in total. The summed E-state index contributed by atoms with van der Waals surface area (Å²) in [5.74, 6) is 4.44. The van der Waals surface area contributed by atoms with E-state index < -0.39 is 11.6 Å². The molecule has 0 fully saturated rings. The number of halogens is 2. The van der Waals surface area contributed by atoms with Crippen molar-refractivity contribution in [2.75, 3.05) is 10.7 Å². The van der Waals surface area contributed by atoms with Crippen LogP contribution in [0.2, 0.25) is 0 Å². The van der Waals surface area contributed by atoms with Gasteiger partial charge in [-0.05, 0) is 12.1 Å². The van der Waals surface area contributed by atoms with Crippen LogP contribution in [0.25, 0.3) is 11.0 Å². The topological polar surface area (TPSA) is 105 Å². The molecular formula is C11H9F2N7. The molecule has 0 unspecified atom stereocenters. The number of anilines is 3. The Labute approximate surface area is 111 Å². The fraction of sp³-hybridized carbons (Fsp3) is 0. The van der Waals surface area contributed by atoms with Crippen molar-refractivity contribution in [3.63, 3.8) is 0 Å². The van der Waals surface area contributed by atoms with E-state index >= 15 is 0 Å². The van der Waals surface area contributed by atoms with E-state index in [4.69, 9.17) is 5.84 Å². The van der Waals surface area contributed by atoms with Gasteiger partial charge in [0.1, 0.15) is 17.5 Å². The normalized spacial score (nSPS) is 10.8. The number of hydrogen-bond acceptors (Lipinski definition) is 6. The van der Waals surface area contributed by atoms with Crippen molar-refractivity contribution in [3.8, 4) is 0 Å². The number of H-pyrrole nitrogens is 1. The van der Waals surface area contributed by atoms with Crippen LogP contribution < -0.4 is 16.6 Å². The summed E-state index contributed by atoms with van der Waals surface area (Å²) in [5, 5.41) is 9.67. The van der Waals surface area contributed by atoms with Gasteiger partial charge in [-0.25, -0.2) is 14.6 Å². The molecule has 0 bridgehead atoms. The fourth-order valence-electron chi connectivity index (χ4n) is 1.72. The van der Waals surface area contributed by atoms with Crippen LogP contribution >= 0.6 is 0 Å². The summed E-state index contributed by atoms with van der Waals surface area (Å²) >= 11 is 0. The van der Waals surface area contributed by atoms with Gasteiger partial charge in [0.05, 0.1) is 17.3 Å². The molecule has 0 spiro atoms. The second kappa shape index (κ2) is 4.70. The highest BCUT2D eigenvalue weighted by Crippen LogP contribution is 2.25. The lowest BCUT2D eigenvalue weighted by atomic mass is 10.3. The Morgan fingerprint density at radius 1 is 1.20 bits per heavy atom. The molecule has 3 aromatic rings. The zero-order chi connectivity index (χ0) is 14.1. The van der Waals surface area contributed by atoms with Crippen LogP contribution in [0.5, 0.6) is 0 Å². The van der Waals surface area contributed by atoms with Crippen LogP contribution in [-0.2, 0) is 0 Å². The minimum atomic E-state index is -0.607. The lowest BCUT2D eigenvalue weighted by Crippen LogP contribution is -2.11. The lowest BCUT2D eigenvalue weighted by molar-refractivity contribution is 0.603. The summed E-state index contributed by atoms with van der Waals surface area (Å²) < 4.78 is 26.8. The van der Waals surface area contributed by atoms with E-state index in [0.717, 1.165) is 18.2 Å². The predicted octanol–water partition coefficient (Wildman–Crippen LogP) is 1.66. The average Bonchev–Trinajstić information content (AvgIpc) is 2.91. The zero-order valence-corrected chi connectivity index (χ0v) is 9.98. The Morgan fingerprint density at radius 2 is 2.05 bits per heavy atom. The summed E-state index contributed by atoms with van der Waals surface area (Å²) in [6.07, 6.45) is 1.47. The van der Waals surface area contributed by atoms with Gasteiger partial charge in [0.2, 0.25) is 5.95 Å². The van der Waals surface area contributed by atoms with E-state index in [1.807, 2.05) is 0 Å². The molecule has 1 aromatic carbocycles. The summed E-state index contributed by atoms with van der Waals surface area (Å²) in [6, 6.07) is 3.08. The standard InChI is InChI=1S/C11H9F2N7/c12-5-1-2-7(13)8(3-5)16-9-6-4-15-20-10(6)18-11(17-9)19-14/h1-4H,14H2,(H3,15,16,17,18,19,20). The van der Waals surface area contributed by atoms with Crippen LogP contribution in [0.15, 0.2) is 24.4 Å². The van der Waals surface area contributed by atoms with E-state index in [1.54, 1.807) is 0 Å². The molecule has 9 heteroatoms. The van der Waals surface area contributed by atoms with Crippen molar-refractivity contribution >= 4 is 28.5 Å². The van der Waals surface area contributed by atoms with Crippen molar-refractivity contribution in [1.82, 2.24) is 20.2 Å². The smallest absolute Gasteiger partial charge is 0.241 e. The number of hydrogen-bond donors (Lipinski definition) is 4. The number of benzene rings is 1. The molecule has 0 saturated heterocycles. The molecule has 2 heterocycles. The average molecular weight is 277 g/mol. The maximum absolute atomic E-state index is 13.6. The molecule has 0 atom stereocenters. The van der Waals surface area contributed by atoms with Crippen molar-refractivity contribution < 1.29 is 8.78 Å². The molecular weight excluding hydrogens is 268 g/mol. The van der Waals surface area contributed by atoms with Crippen molar-refractivity contribution in [3.05, 3.63) is 36.0 Å². The predicted molar refractivity (Wildman–Crippen MR) is 69.1 cm³/mol. The number of nitrogens with two attached hydrogens (primary N) is 1. The van der Waals surface area contributed by atoms with E-state index in [-0.39, 0.29) is 17.5 Å². The monoisotopic (exact) mass is 277 g/mol. The number of hydrazine groups is 1. The summed E-state index contributed by atoms with van der Waals surface area (Å²) in [6.45, 7) is 0. The number of nitrogen functional groups attached to an aromatic ring is 1. The number of aromatic amines is 1. The third kappa shape index (κ3) is 2.10. The number of nitrogens with one attached hydrogen (secondary N) is 3. The maximum atomic E-state index is 13.6. The Kier molecular flexibility index (Phi) is 2.88. The molecule has 0 aliphatic heterocycles. The Balaban J connectivity index is 2.09. The fourth-order valence-corrected chi connectivity index (χ4v) is 1.72. The third-order valence-electron chi connectivity index (χ3n) is 2.62. The number of fused-ring (bicyclic) bond motifs is 1. The Bertz CT molecular complexity index is 771. The molecule has 20 heavy (non-hydrogen) atoms. The number of rotatable bonds is 3. The van der Waals surface area contributed by atoms with Crippen LogP contribution in [0, 0.1) is 11.6 Å². The zero-order valence-electron chi connectivity index (χ0n) is 9.98. The summed E-state index contributed by atoms with van der Waals surface area (Å²) in [7, 11) is 0. The van der Waals surface area contributed by atoms with Gasteiger partial charge in [0.25, 0.3) is 0 Å². The second-order valence-electron chi connectivity index (χ2n) is 3.92. The molecule has 3 rings (SSSR count). The van der Waals surface area contributed by atoms with Gasteiger partial charge >= 0.3 is 0 Å². The first-order valence-corrected chi connectivity index (χ1v) is 5.57. The maximum Gasteiger partial charge on any atom is 0.241 e. The van der Waals surface area contributed by atoms with E-state index in [0.29, 0.717) is 11.0 Å². The minimum absolute atomic E-state index is 0.0471. The quantitative estimate of drug-likeness (QED) is 0.428. The highest BCUT2D eigenvalue weighted by atomic mass is 19.1. The lowest BCUT2D eigenvalue weighted by Gasteiger charge is -2.09. The van der Waals surface area contributed by atoms with Crippen molar-refractivity contribution in [2.24, 2.45) is 5.84 Å². The van der Waals surface area contributed by atoms with E-state index in [1.165, 1.54) is 6.20 Å². The highest BCUT2D eigenvalue weighted by Gasteiger charge is 2.11. The van der Waals surface area contributed by atoms with Crippen LogP contribution in [0.1, 0.15) is 0 Å². The Morgan fingerprint density at radius 3 is 2.85 bits per heavy atom. The van der Waals surface area contributed by atoms with Crippen LogP contribution in [0.4, 0.5) is 26.2 Å². The van der Waals surface area contributed by atoms with Gasteiger partial charge in [-0.15, -0.1) is 0 Å². The summed E-state index contributed by atoms with van der Waals surface area (Å²) in [5.41, 5.74) is 2.65. The van der Waals surface area contributed by atoms with Crippen LogP contribution in [0.3, 0.4) is 0 Å². The Hall–Kier alpha value is -2.81. The molecule has 102 valence electrons. The first kappa shape index (κ1) is 12.2. The van der Waals surface area contributed by atoms with E-state index in [2.05, 4.69) is 30.9 Å². The van der Waals surface area contributed by atoms with E-state index in [9.17, 15) is 8.78 Å². The first-order chi connectivity index (χ1) is 9.67. The van der Waals surface area contributed by atoms with Gasteiger partial charge in [-0.3, -0.25) is 10.5 Å². The van der Waals surface area contributed by atoms with Crippen molar-refractivity contribution in [2.45, 2.75) is 0 Å². The molecule has 0 aliphatic carbocycles. The molecule has 5 N–H and O–H groups in total. The van der Waals surface area contributed by atoms with Gasteiger partial charge in [0, 0.05) is 6.07 Å². The van der Waals surface area contributed by atoms with Crippen LogP contribution in [-0.4, -0.2) is 20.2 Å². The molecule has 0 amide bonds. The molecule has 0 saturated carbocycles. The highest BCUT2D eigenvalue weighted by molar-refractivity contribution is 5.89. The molecule has 2 aromatic heterocycles. The largest absolute Gasteiger partial charge is 0.337 e.